The summed E-state index contributed by atoms with van der Waals surface area (Å²) in [5.74, 6) is -0.591. The number of phenolic OH excluding ortho intramolecular Hbond substituents is 1. The molecule has 0 saturated carbocycles. The number of benzene rings is 2. The number of aromatic nitrogens is 2. The molecule has 0 aliphatic carbocycles. The number of nitrogens with one attached hydrogen (secondary N) is 1. The van der Waals surface area contributed by atoms with E-state index in [0.717, 1.165) is 40.5 Å². The van der Waals surface area contributed by atoms with Gasteiger partial charge in [0.2, 0.25) is 5.13 Å². The molecule has 0 spiro atoms. The van der Waals surface area contributed by atoms with Gasteiger partial charge in [-0.15, -0.1) is 10.2 Å². The third-order valence-corrected chi connectivity index (χ3v) is 6.56. The second-order valence-electron chi connectivity index (χ2n) is 11.7. The van der Waals surface area contributed by atoms with Crippen LogP contribution in [0.15, 0.2) is 42.5 Å². The van der Waals surface area contributed by atoms with Gasteiger partial charge in [0.15, 0.2) is 5.75 Å². The van der Waals surface area contributed by atoms with E-state index >= 15 is 0 Å². The maximum Gasteiger partial charge on any atom is 0.416 e. The van der Waals surface area contributed by atoms with Crippen molar-refractivity contribution >= 4 is 34.3 Å². The predicted molar refractivity (Wildman–Crippen MR) is 156 cm³/mol. The predicted octanol–water partition coefficient (Wildman–Crippen LogP) is 6.72. The van der Waals surface area contributed by atoms with Crippen LogP contribution in [0.2, 0.25) is 0 Å². The van der Waals surface area contributed by atoms with Crippen molar-refractivity contribution in [3.05, 3.63) is 63.7 Å². The van der Waals surface area contributed by atoms with Crippen molar-refractivity contribution in [1.29, 1.82) is 0 Å². The van der Waals surface area contributed by atoms with E-state index in [9.17, 15) is 38.0 Å². The number of carbonyl (C=O) groups is 2. The first-order valence-electron chi connectivity index (χ1n) is 13.2. The van der Waals surface area contributed by atoms with E-state index in [2.05, 4.69) is 15.5 Å². The first kappa shape index (κ1) is 34.0. The first-order chi connectivity index (χ1) is 20.2. The normalized spacial score (nSPS) is 12.8. The van der Waals surface area contributed by atoms with Gasteiger partial charge in [-0.25, -0.2) is 14.5 Å². The van der Waals surface area contributed by atoms with Crippen molar-refractivity contribution in [3.63, 3.8) is 0 Å². The minimum absolute atomic E-state index is 0.00142. The van der Waals surface area contributed by atoms with Crippen LogP contribution in [0, 0.1) is 10.1 Å². The fraction of sp³-hybridized carbons (Fsp3) is 0.429. The molecule has 3 rings (SSSR count). The van der Waals surface area contributed by atoms with Gasteiger partial charge in [-0.2, -0.15) is 13.2 Å². The zero-order chi connectivity index (χ0) is 33.0. The fourth-order valence-electron chi connectivity index (χ4n) is 3.77. The molecule has 44 heavy (non-hydrogen) atoms. The Hall–Kier alpha value is -4.47. The van der Waals surface area contributed by atoms with Crippen molar-refractivity contribution in [2.45, 2.75) is 71.4 Å². The lowest BCUT2D eigenvalue weighted by Crippen LogP contribution is -2.49. The zero-order valence-corrected chi connectivity index (χ0v) is 25.6. The monoisotopic (exact) mass is 639 g/mol. The highest BCUT2D eigenvalue weighted by Crippen LogP contribution is 2.35. The SMILES string of the molecule is CC(C)(C)OC(=O)N[C@@H](Cc1ccc(C(F)(F)F)cc1)CN(C(=O)OC(C)(C)C)c1nnc(-c2ccc([N+](=O)[O-])c(O)c2)s1. The van der Waals surface area contributed by atoms with Crippen LogP contribution in [0.3, 0.4) is 0 Å². The molecule has 0 radical (unpaired) electrons. The van der Waals surface area contributed by atoms with Crippen molar-refractivity contribution in [2.24, 2.45) is 0 Å². The van der Waals surface area contributed by atoms with Crippen molar-refractivity contribution in [3.8, 4) is 16.3 Å². The Morgan fingerprint density at radius 3 is 2.16 bits per heavy atom. The van der Waals surface area contributed by atoms with E-state index in [1.807, 2.05) is 0 Å². The molecule has 1 atom stereocenters. The summed E-state index contributed by atoms with van der Waals surface area (Å²) < 4.78 is 50.3. The summed E-state index contributed by atoms with van der Waals surface area (Å²) in [5.41, 5.74) is -2.43. The minimum Gasteiger partial charge on any atom is -0.502 e. The Labute approximate surface area is 255 Å². The summed E-state index contributed by atoms with van der Waals surface area (Å²) >= 11 is 0.906. The average molecular weight is 640 g/mol. The number of anilines is 1. The van der Waals surface area contributed by atoms with E-state index in [1.54, 1.807) is 41.5 Å². The number of carbonyl (C=O) groups excluding carboxylic acids is 2. The number of hydrogen-bond donors (Lipinski definition) is 2. The van der Waals surface area contributed by atoms with Crippen LogP contribution in [-0.2, 0) is 22.1 Å². The lowest BCUT2D eigenvalue weighted by Gasteiger charge is -2.29. The number of alkyl halides is 3. The van der Waals surface area contributed by atoms with Crippen LogP contribution in [-0.4, -0.2) is 56.2 Å². The summed E-state index contributed by atoms with van der Waals surface area (Å²) in [5, 5.41) is 32.2. The van der Waals surface area contributed by atoms with Crippen molar-refractivity contribution < 1.29 is 42.3 Å². The summed E-state index contributed by atoms with van der Waals surface area (Å²) in [6, 6.07) is 7.08. The molecule has 0 aliphatic heterocycles. The summed E-state index contributed by atoms with van der Waals surface area (Å²) in [6.07, 6.45) is -6.21. The van der Waals surface area contributed by atoms with E-state index < -0.39 is 57.5 Å². The molecule has 3 aromatic rings. The van der Waals surface area contributed by atoms with Gasteiger partial charge < -0.3 is 19.9 Å². The summed E-state index contributed by atoms with van der Waals surface area (Å²) in [6.45, 7) is 9.65. The van der Waals surface area contributed by atoms with Crippen LogP contribution < -0.4 is 10.2 Å². The maximum atomic E-state index is 13.4. The van der Waals surface area contributed by atoms with Crippen molar-refractivity contribution in [1.82, 2.24) is 15.5 Å². The molecule has 2 N–H and O–H groups in total. The highest BCUT2D eigenvalue weighted by molar-refractivity contribution is 7.18. The van der Waals surface area contributed by atoms with Crippen LogP contribution in [0.5, 0.6) is 5.75 Å². The molecule has 12 nitrogen and oxygen atoms in total. The topological polar surface area (TPSA) is 157 Å². The molecule has 1 heterocycles. The molecule has 0 fully saturated rings. The molecule has 2 aromatic carbocycles. The van der Waals surface area contributed by atoms with Gasteiger partial charge in [0, 0.05) is 11.6 Å². The standard InChI is InChI=1S/C28H32F3N5O7S/c1-26(2,3)42-24(38)32-19(13-16-7-10-18(11-8-16)28(29,30)31)15-35(25(39)43-27(4,5)6)23-34-33-22(44-23)17-9-12-20(36(40)41)21(37)14-17/h7-12,14,19,37H,13,15H2,1-6H3,(H,32,38)/t19-/m0/s1. The first-order valence-corrected chi connectivity index (χ1v) is 14.0. The van der Waals surface area contributed by atoms with E-state index in [4.69, 9.17) is 9.47 Å². The third-order valence-electron chi connectivity index (χ3n) is 5.57. The smallest absolute Gasteiger partial charge is 0.416 e. The maximum absolute atomic E-state index is 13.4. The van der Waals surface area contributed by atoms with Gasteiger partial charge in [-0.1, -0.05) is 23.5 Å². The molecular weight excluding hydrogens is 607 g/mol. The van der Waals surface area contributed by atoms with E-state index in [-0.39, 0.29) is 28.7 Å². The zero-order valence-electron chi connectivity index (χ0n) is 24.8. The van der Waals surface area contributed by atoms with Crippen LogP contribution >= 0.6 is 11.3 Å². The largest absolute Gasteiger partial charge is 0.502 e. The fourth-order valence-corrected chi connectivity index (χ4v) is 4.61. The lowest BCUT2D eigenvalue weighted by atomic mass is 10.0. The number of amides is 2. The number of nitro benzene ring substituents is 1. The van der Waals surface area contributed by atoms with Crippen LogP contribution in [0.25, 0.3) is 10.6 Å². The van der Waals surface area contributed by atoms with Crippen molar-refractivity contribution in [2.75, 3.05) is 11.4 Å². The highest BCUT2D eigenvalue weighted by Gasteiger charge is 2.32. The molecule has 1 aromatic heterocycles. The Morgan fingerprint density at radius 1 is 1.02 bits per heavy atom. The van der Waals surface area contributed by atoms with Crippen LogP contribution in [0.4, 0.5) is 33.6 Å². The molecular formula is C28H32F3N5O7S. The number of hydrogen-bond acceptors (Lipinski definition) is 10. The number of aromatic hydroxyl groups is 1. The minimum atomic E-state index is -4.53. The molecule has 2 amide bonds. The molecule has 0 bridgehead atoms. The van der Waals surface area contributed by atoms with E-state index in [1.165, 1.54) is 18.2 Å². The molecule has 0 aliphatic rings. The van der Waals surface area contributed by atoms with Crippen LogP contribution in [0.1, 0.15) is 52.7 Å². The Morgan fingerprint density at radius 2 is 1.64 bits per heavy atom. The molecule has 0 saturated heterocycles. The Kier molecular flexibility index (Phi) is 10.1. The van der Waals surface area contributed by atoms with Gasteiger partial charge in [-0.05, 0) is 77.8 Å². The van der Waals surface area contributed by atoms with Gasteiger partial charge in [0.25, 0.3) is 0 Å². The second kappa shape index (κ2) is 13.0. The number of rotatable bonds is 8. The quantitative estimate of drug-likeness (QED) is 0.202. The van der Waals surface area contributed by atoms with E-state index in [0.29, 0.717) is 5.56 Å². The molecule has 16 heteroatoms. The Balaban J connectivity index is 1.98. The highest BCUT2D eigenvalue weighted by atomic mass is 32.1. The number of nitrogens with zero attached hydrogens (tertiary/aromatic N) is 4. The average Bonchev–Trinajstić information content (AvgIpc) is 3.34. The number of phenols is 1. The van der Waals surface area contributed by atoms with Gasteiger partial charge >= 0.3 is 24.1 Å². The Bertz CT molecular complexity index is 1500. The summed E-state index contributed by atoms with van der Waals surface area (Å²) in [7, 11) is 0. The van der Waals surface area contributed by atoms with Gasteiger partial charge in [0.1, 0.15) is 16.2 Å². The third kappa shape index (κ3) is 9.79. The number of halogens is 3. The molecule has 0 unspecified atom stereocenters. The van der Waals surface area contributed by atoms with Gasteiger partial charge in [0.05, 0.1) is 23.1 Å². The second-order valence-corrected chi connectivity index (χ2v) is 12.6. The number of nitro groups is 1. The molecule has 238 valence electrons. The number of ether oxygens (including phenoxy) is 2. The summed E-state index contributed by atoms with van der Waals surface area (Å²) in [4.78, 5) is 37.6. The van der Waals surface area contributed by atoms with Gasteiger partial charge in [-0.3, -0.25) is 10.1 Å². The lowest BCUT2D eigenvalue weighted by molar-refractivity contribution is -0.385. The number of alkyl carbamates (subject to hydrolysis) is 1.